The van der Waals surface area contributed by atoms with Gasteiger partial charge >= 0.3 is 0 Å². The van der Waals surface area contributed by atoms with Crippen molar-refractivity contribution in [2.24, 2.45) is 0 Å². The lowest BCUT2D eigenvalue weighted by molar-refractivity contribution is 0.0348. The van der Waals surface area contributed by atoms with E-state index in [-0.39, 0.29) is 24.1 Å². The van der Waals surface area contributed by atoms with Gasteiger partial charge in [-0.25, -0.2) is 9.97 Å². The van der Waals surface area contributed by atoms with E-state index >= 15 is 0 Å². The van der Waals surface area contributed by atoms with Crippen LogP contribution < -0.4 is 4.74 Å². The molecule has 2 aromatic heterocycles. The highest BCUT2D eigenvalue weighted by molar-refractivity contribution is 7.16. The van der Waals surface area contributed by atoms with E-state index in [4.69, 9.17) is 4.74 Å². The number of amides is 1. The lowest BCUT2D eigenvalue weighted by Crippen LogP contribution is -2.49. The summed E-state index contributed by atoms with van der Waals surface area (Å²) >= 11 is 1.58. The molecule has 2 aliphatic rings. The third-order valence-electron chi connectivity index (χ3n) is 5.43. The number of hydrogen-bond donors (Lipinski definition) is 0. The van der Waals surface area contributed by atoms with E-state index < -0.39 is 0 Å². The van der Waals surface area contributed by atoms with Crippen molar-refractivity contribution in [3.05, 3.63) is 53.7 Å². The molecule has 0 spiro atoms. The summed E-state index contributed by atoms with van der Waals surface area (Å²) in [6, 6.07) is 12.1. The number of pyridine rings is 1. The van der Waals surface area contributed by atoms with Crippen molar-refractivity contribution >= 4 is 27.5 Å². The van der Waals surface area contributed by atoms with Gasteiger partial charge in [-0.1, -0.05) is 6.07 Å². The first kappa shape index (κ1) is 15.8. The van der Waals surface area contributed by atoms with E-state index in [1.54, 1.807) is 17.5 Å². The molecule has 0 N–H and O–H groups in total. The van der Waals surface area contributed by atoms with Crippen LogP contribution >= 0.6 is 11.3 Å². The maximum Gasteiger partial charge on any atom is 0.254 e. The zero-order chi connectivity index (χ0) is 17.5. The molecule has 1 amide bonds. The quantitative estimate of drug-likeness (QED) is 0.706. The van der Waals surface area contributed by atoms with Gasteiger partial charge in [0.15, 0.2) is 0 Å². The second-order valence-corrected chi connectivity index (χ2v) is 7.90. The second-order valence-electron chi connectivity index (χ2n) is 7.01. The lowest BCUT2D eigenvalue weighted by atomic mass is 9.98. The van der Waals surface area contributed by atoms with Crippen LogP contribution in [0, 0.1) is 0 Å². The Labute approximate surface area is 155 Å². The van der Waals surface area contributed by atoms with Crippen molar-refractivity contribution in [2.75, 3.05) is 0 Å². The van der Waals surface area contributed by atoms with Crippen LogP contribution in [0.15, 0.2) is 48.1 Å². The highest BCUT2D eigenvalue weighted by Gasteiger charge is 2.44. The van der Waals surface area contributed by atoms with E-state index in [9.17, 15) is 4.79 Å². The molecule has 6 heteroatoms. The molecule has 3 aromatic rings. The van der Waals surface area contributed by atoms with Crippen molar-refractivity contribution in [3.63, 3.8) is 0 Å². The molecule has 2 bridgehead atoms. The van der Waals surface area contributed by atoms with Crippen molar-refractivity contribution < 1.29 is 9.53 Å². The highest BCUT2D eigenvalue weighted by Crippen LogP contribution is 2.38. The fraction of sp³-hybridized carbons (Fsp3) is 0.350. The summed E-state index contributed by atoms with van der Waals surface area (Å²) in [5, 5.41) is 0. The van der Waals surface area contributed by atoms with Crippen LogP contribution in [-0.2, 0) is 0 Å². The second kappa shape index (κ2) is 6.36. The molecule has 0 saturated carbocycles. The van der Waals surface area contributed by atoms with E-state index in [0.29, 0.717) is 5.88 Å². The van der Waals surface area contributed by atoms with Gasteiger partial charge < -0.3 is 9.64 Å². The van der Waals surface area contributed by atoms with Crippen LogP contribution in [0.4, 0.5) is 0 Å². The van der Waals surface area contributed by atoms with Gasteiger partial charge in [0.1, 0.15) is 6.10 Å². The normalized spacial score (nSPS) is 24.8. The molecule has 2 atom stereocenters. The predicted molar refractivity (Wildman–Crippen MR) is 100 cm³/mol. The number of hydrogen-bond acceptors (Lipinski definition) is 5. The standard InChI is InChI=1S/C20H19N3O2S/c24-20(13-4-7-17-18(9-13)26-12-22-17)23-14-5-6-15(23)11-16(10-14)25-19-3-1-2-8-21-19/h1-4,7-9,12,14-16H,5-6,10-11H2. The minimum absolute atomic E-state index is 0.135. The van der Waals surface area contributed by atoms with Gasteiger partial charge in [0.25, 0.3) is 5.91 Å². The smallest absolute Gasteiger partial charge is 0.254 e. The first-order valence-corrected chi connectivity index (χ1v) is 9.89. The number of benzene rings is 1. The number of ether oxygens (including phenoxy) is 1. The van der Waals surface area contributed by atoms with Crippen molar-refractivity contribution in [3.8, 4) is 5.88 Å². The molecular formula is C20H19N3O2S. The molecular weight excluding hydrogens is 346 g/mol. The SMILES string of the molecule is O=C(c1ccc2ncsc2c1)N1C2CCC1CC(Oc1ccccn1)C2. The van der Waals surface area contributed by atoms with Gasteiger partial charge in [-0.2, -0.15) is 0 Å². The highest BCUT2D eigenvalue weighted by atomic mass is 32.1. The van der Waals surface area contributed by atoms with Crippen molar-refractivity contribution in [1.29, 1.82) is 0 Å². The van der Waals surface area contributed by atoms with Crippen LogP contribution in [-0.4, -0.2) is 39.0 Å². The summed E-state index contributed by atoms with van der Waals surface area (Å²) in [5.41, 5.74) is 3.54. The maximum absolute atomic E-state index is 13.1. The van der Waals surface area contributed by atoms with E-state index in [2.05, 4.69) is 14.9 Å². The fourth-order valence-electron chi connectivity index (χ4n) is 4.28. The summed E-state index contributed by atoms with van der Waals surface area (Å²) < 4.78 is 7.13. The number of rotatable bonds is 3. The topological polar surface area (TPSA) is 55.3 Å². The zero-order valence-corrected chi connectivity index (χ0v) is 15.1. The predicted octanol–water partition coefficient (Wildman–Crippen LogP) is 3.91. The average molecular weight is 365 g/mol. The summed E-state index contributed by atoms with van der Waals surface area (Å²) in [6.07, 6.45) is 5.75. The van der Waals surface area contributed by atoms with Gasteiger partial charge in [0, 0.05) is 42.8 Å². The first-order valence-electron chi connectivity index (χ1n) is 9.01. The largest absolute Gasteiger partial charge is 0.474 e. The number of nitrogens with zero attached hydrogens (tertiary/aromatic N) is 3. The molecule has 1 aromatic carbocycles. The summed E-state index contributed by atoms with van der Waals surface area (Å²) in [7, 11) is 0. The van der Waals surface area contributed by atoms with Crippen LogP contribution in [0.3, 0.4) is 0 Å². The fourth-order valence-corrected chi connectivity index (χ4v) is 5.00. The van der Waals surface area contributed by atoms with Crippen LogP contribution in [0.2, 0.25) is 0 Å². The molecule has 26 heavy (non-hydrogen) atoms. The van der Waals surface area contributed by atoms with Gasteiger partial charge in [-0.05, 0) is 37.1 Å². The summed E-state index contributed by atoms with van der Waals surface area (Å²) in [4.78, 5) is 23.8. The minimum Gasteiger partial charge on any atom is -0.474 e. The molecule has 2 fully saturated rings. The molecule has 5 nitrogen and oxygen atoms in total. The van der Waals surface area contributed by atoms with Gasteiger partial charge in [-0.3, -0.25) is 4.79 Å². The number of aromatic nitrogens is 2. The van der Waals surface area contributed by atoms with E-state index in [0.717, 1.165) is 41.5 Å². The Kier molecular flexibility index (Phi) is 3.85. The van der Waals surface area contributed by atoms with E-state index in [1.807, 2.05) is 41.9 Å². The molecule has 2 aliphatic heterocycles. The van der Waals surface area contributed by atoms with Gasteiger partial charge in [-0.15, -0.1) is 11.3 Å². The molecule has 2 saturated heterocycles. The maximum atomic E-state index is 13.1. The molecule has 4 heterocycles. The zero-order valence-electron chi connectivity index (χ0n) is 14.2. The number of carbonyl (C=O) groups excluding carboxylic acids is 1. The Hall–Kier alpha value is -2.47. The number of fused-ring (bicyclic) bond motifs is 3. The third-order valence-corrected chi connectivity index (χ3v) is 6.22. The minimum atomic E-state index is 0.135. The Morgan fingerprint density at radius 2 is 1.96 bits per heavy atom. The number of thiazole rings is 1. The molecule has 132 valence electrons. The third kappa shape index (κ3) is 2.74. The number of piperidine rings is 1. The van der Waals surface area contributed by atoms with Crippen molar-refractivity contribution in [2.45, 2.75) is 43.9 Å². The van der Waals surface area contributed by atoms with Crippen LogP contribution in [0.1, 0.15) is 36.0 Å². The Morgan fingerprint density at radius 3 is 2.73 bits per heavy atom. The van der Waals surface area contributed by atoms with E-state index in [1.165, 1.54) is 0 Å². The van der Waals surface area contributed by atoms with Crippen LogP contribution in [0.5, 0.6) is 5.88 Å². The Bertz CT molecular complexity index is 928. The average Bonchev–Trinajstić information content (AvgIpc) is 3.24. The molecule has 5 rings (SSSR count). The molecule has 0 radical (unpaired) electrons. The summed E-state index contributed by atoms with van der Waals surface area (Å²) in [5.74, 6) is 0.816. The van der Waals surface area contributed by atoms with Gasteiger partial charge in [0.05, 0.1) is 15.7 Å². The molecule has 0 aliphatic carbocycles. The Morgan fingerprint density at radius 1 is 1.12 bits per heavy atom. The lowest BCUT2D eigenvalue weighted by Gasteiger charge is -2.38. The van der Waals surface area contributed by atoms with Crippen molar-refractivity contribution in [1.82, 2.24) is 14.9 Å². The number of carbonyl (C=O) groups is 1. The molecule has 2 unspecified atom stereocenters. The first-order chi connectivity index (χ1) is 12.8. The van der Waals surface area contributed by atoms with Crippen LogP contribution in [0.25, 0.3) is 10.2 Å². The summed E-state index contributed by atoms with van der Waals surface area (Å²) in [6.45, 7) is 0. The van der Waals surface area contributed by atoms with Gasteiger partial charge in [0.2, 0.25) is 5.88 Å². The monoisotopic (exact) mass is 365 g/mol. The Balaban J connectivity index is 1.34.